The highest BCUT2D eigenvalue weighted by Gasteiger charge is 2.30. The number of rotatable bonds is 2. The molecule has 0 fully saturated rings. The first-order chi connectivity index (χ1) is 10.6. The van der Waals surface area contributed by atoms with Gasteiger partial charge >= 0.3 is 16.5 Å². The summed E-state index contributed by atoms with van der Waals surface area (Å²) in [5, 5.41) is 12.0. The maximum absolute atomic E-state index is 12.6. The molecule has 1 aromatic rings. The molecule has 1 aliphatic rings. The van der Waals surface area contributed by atoms with E-state index in [1.54, 1.807) is 4.72 Å². The van der Waals surface area contributed by atoms with E-state index in [-0.39, 0.29) is 18.8 Å². The van der Waals surface area contributed by atoms with E-state index < -0.39 is 34.0 Å². The largest absolute Gasteiger partial charge is 0.846 e. The van der Waals surface area contributed by atoms with Crippen molar-refractivity contribution in [2.24, 2.45) is 9.98 Å². The predicted octanol–water partition coefficient (Wildman–Crippen LogP) is 0.117. The number of hydrogen-bond acceptors (Lipinski definition) is 5. The van der Waals surface area contributed by atoms with E-state index in [1.807, 2.05) is 0 Å². The molecule has 1 aliphatic heterocycles. The van der Waals surface area contributed by atoms with E-state index in [1.165, 1.54) is 6.07 Å². The summed E-state index contributed by atoms with van der Waals surface area (Å²) < 4.78 is 69.6. The van der Waals surface area contributed by atoms with Crippen LogP contribution in [0.4, 0.5) is 18.9 Å². The Morgan fingerprint density at radius 1 is 1.43 bits per heavy atom. The molecule has 0 saturated carbocycles. The number of guanidine groups is 1. The number of hydrogen-bond donors (Lipinski definition) is 2. The molecule has 0 aromatic heterocycles. The van der Waals surface area contributed by atoms with Gasteiger partial charge in [-0.15, -0.1) is 0 Å². The van der Waals surface area contributed by atoms with Gasteiger partial charge in [0.15, 0.2) is 0 Å². The Hall–Kier alpha value is -2.34. The Bertz CT molecular complexity index is 761. The van der Waals surface area contributed by atoms with Gasteiger partial charge in [-0.3, -0.25) is 9.55 Å². The number of nitrogens with zero attached hydrogens (tertiary/aromatic N) is 3. The SMILES string of the molecule is O=S(=O)(O)NC1=NCCN1C([O-])=Nc1cccc(C(F)(F)F)c1. The van der Waals surface area contributed by atoms with Crippen LogP contribution in [0.5, 0.6) is 0 Å². The highest BCUT2D eigenvalue weighted by molar-refractivity contribution is 7.84. The van der Waals surface area contributed by atoms with Crippen molar-refractivity contribution in [3.05, 3.63) is 29.8 Å². The molecule has 0 saturated heterocycles. The van der Waals surface area contributed by atoms with Crippen LogP contribution in [-0.4, -0.2) is 42.9 Å². The van der Waals surface area contributed by atoms with Gasteiger partial charge in [0, 0.05) is 6.54 Å². The van der Waals surface area contributed by atoms with Gasteiger partial charge < -0.3 is 10.0 Å². The van der Waals surface area contributed by atoms with Crippen LogP contribution in [0.2, 0.25) is 0 Å². The van der Waals surface area contributed by atoms with Gasteiger partial charge in [0.1, 0.15) is 0 Å². The first-order valence-electron chi connectivity index (χ1n) is 6.06. The topological polar surface area (TPSA) is 117 Å². The molecular formula is C11H10F3N4O4S-. The third kappa shape index (κ3) is 4.56. The smallest absolute Gasteiger partial charge is 0.416 e. The number of aliphatic imine (C=N–C) groups is 2. The van der Waals surface area contributed by atoms with Crippen molar-refractivity contribution >= 4 is 28.0 Å². The first kappa shape index (κ1) is 17.0. The molecule has 0 aliphatic carbocycles. The molecule has 1 heterocycles. The normalized spacial score (nSPS) is 16.4. The number of benzene rings is 1. The zero-order valence-corrected chi connectivity index (χ0v) is 12.1. The minimum absolute atomic E-state index is 0.0286. The molecule has 12 heteroatoms. The van der Waals surface area contributed by atoms with Gasteiger partial charge in [-0.1, -0.05) is 6.07 Å². The van der Waals surface area contributed by atoms with Gasteiger partial charge in [-0.2, -0.15) is 21.6 Å². The van der Waals surface area contributed by atoms with Crippen molar-refractivity contribution in [3.63, 3.8) is 0 Å². The van der Waals surface area contributed by atoms with E-state index >= 15 is 0 Å². The molecule has 0 spiro atoms. The molecule has 126 valence electrons. The van der Waals surface area contributed by atoms with E-state index in [0.29, 0.717) is 6.07 Å². The first-order valence-corrected chi connectivity index (χ1v) is 7.50. The van der Waals surface area contributed by atoms with Gasteiger partial charge in [0.25, 0.3) is 0 Å². The van der Waals surface area contributed by atoms with Crippen LogP contribution in [0.25, 0.3) is 0 Å². The van der Waals surface area contributed by atoms with Crippen LogP contribution in [0.3, 0.4) is 0 Å². The molecule has 1 aromatic carbocycles. The monoisotopic (exact) mass is 351 g/mol. The summed E-state index contributed by atoms with van der Waals surface area (Å²) in [6.45, 7) is 0.0286. The van der Waals surface area contributed by atoms with Crippen LogP contribution in [0.15, 0.2) is 34.3 Å². The lowest BCUT2D eigenvalue weighted by Gasteiger charge is -2.25. The summed E-state index contributed by atoms with van der Waals surface area (Å²) in [5.41, 5.74) is -1.22. The molecule has 0 amide bonds. The minimum Gasteiger partial charge on any atom is -0.846 e. The van der Waals surface area contributed by atoms with Gasteiger partial charge in [-0.25, -0.2) is 9.71 Å². The standard InChI is InChI=1S/C11H11F3N4O4S/c12-11(13,14)7-2-1-3-8(6-7)16-10(19)18-5-4-15-9(18)17-23(20,21)22/h1-3,6H,4-5H2,(H,15,17)(H,16,19)(H,20,21,22)/p-1. The number of halogens is 3. The minimum atomic E-state index is -4.64. The number of nitrogens with one attached hydrogen (secondary N) is 1. The zero-order chi connectivity index (χ0) is 17.3. The van der Waals surface area contributed by atoms with Crippen molar-refractivity contribution in [2.45, 2.75) is 6.18 Å². The quantitative estimate of drug-likeness (QED) is 0.446. The van der Waals surface area contributed by atoms with Crippen molar-refractivity contribution < 1.29 is 31.2 Å². The van der Waals surface area contributed by atoms with E-state index in [0.717, 1.165) is 17.0 Å². The second-order valence-electron chi connectivity index (χ2n) is 4.38. The lowest BCUT2D eigenvalue weighted by Crippen LogP contribution is -2.49. The Balaban J connectivity index is 2.25. The molecule has 0 bridgehead atoms. The summed E-state index contributed by atoms with van der Waals surface area (Å²) in [7, 11) is -4.64. The second kappa shape index (κ2) is 6.04. The third-order valence-corrected chi connectivity index (χ3v) is 3.13. The Labute approximate surface area is 128 Å². The molecule has 0 unspecified atom stereocenters. The summed E-state index contributed by atoms with van der Waals surface area (Å²) in [5.74, 6) is -0.451. The van der Waals surface area contributed by atoms with Crippen molar-refractivity contribution in [2.75, 3.05) is 13.1 Å². The average Bonchev–Trinajstić information content (AvgIpc) is 2.84. The Morgan fingerprint density at radius 3 is 2.74 bits per heavy atom. The van der Waals surface area contributed by atoms with Crippen LogP contribution < -0.4 is 9.83 Å². The number of alkyl halides is 3. The van der Waals surface area contributed by atoms with Crippen LogP contribution in [0, 0.1) is 0 Å². The van der Waals surface area contributed by atoms with Crippen molar-refractivity contribution in [1.29, 1.82) is 0 Å². The van der Waals surface area contributed by atoms with Crippen molar-refractivity contribution in [1.82, 2.24) is 9.62 Å². The third-order valence-electron chi connectivity index (χ3n) is 2.69. The average molecular weight is 351 g/mol. The lowest BCUT2D eigenvalue weighted by atomic mass is 10.2. The van der Waals surface area contributed by atoms with Crippen LogP contribution in [-0.2, 0) is 16.5 Å². The molecule has 8 nitrogen and oxygen atoms in total. The molecule has 23 heavy (non-hydrogen) atoms. The van der Waals surface area contributed by atoms with Crippen LogP contribution >= 0.6 is 0 Å². The van der Waals surface area contributed by atoms with Gasteiger partial charge in [0.05, 0.1) is 23.8 Å². The number of amidine groups is 1. The highest BCUT2D eigenvalue weighted by atomic mass is 32.2. The molecule has 2 rings (SSSR count). The van der Waals surface area contributed by atoms with Gasteiger partial charge in [-0.05, 0) is 18.2 Å². The van der Waals surface area contributed by atoms with E-state index in [4.69, 9.17) is 4.55 Å². The maximum Gasteiger partial charge on any atom is 0.416 e. The molecule has 0 atom stereocenters. The summed E-state index contributed by atoms with van der Waals surface area (Å²) in [4.78, 5) is 7.92. The van der Waals surface area contributed by atoms with Crippen molar-refractivity contribution in [3.8, 4) is 0 Å². The fourth-order valence-electron chi connectivity index (χ4n) is 1.76. The molecule has 0 radical (unpaired) electrons. The highest BCUT2D eigenvalue weighted by Crippen LogP contribution is 2.31. The maximum atomic E-state index is 12.6. The van der Waals surface area contributed by atoms with E-state index in [9.17, 15) is 26.7 Å². The summed E-state index contributed by atoms with van der Waals surface area (Å²) in [6.07, 6.45) is -4.58. The summed E-state index contributed by atoms with van der Waals surface area (Å²) >= 11 is 0. The zero-order valence-electron chi connectivity index (χ0n) is 11.3. The fraction of sp³-hybridized carbons (Fsp3) is 0.273. The second-order valence-corrected chi connectivity index (χ2v) is 5.53. The van der Waals surface area contributed by atoms with Gasteiger partial charge in [0.2, 0.25) is 5.96 Å². The van der Waals surface area contributed by atoms with Crippen LogP contribution in [0.1, 0.15) is 5.56 Å². The fourth-order valence-corrected chi connectivity index (χ4v) is 2.16. The molecular weight excluding hydrogens is 341 g/mol. The Kier molecular flexibility index (Phi) is 4.47. The summed E-state index contributed by atoms with van der Waals surface area (Å²) in [6, 6.07) is 2.77. The Morgan fingerprint density at radius 2 is 2.13 bits per heavy atom. The molecule has 2 N–H and O–H groups in total. The van der Waals surface area contributed by atoms with E-state index in [2.05, 4.69) is 9.98 Å². The lowest BCUT2D eigenvalue weighted by molar-refractivity contribution is -0.229. The predicted molar refractivity (Wildman–Crippen MR) is 72.2 cm³/mol.